The summed E-state index contributed by atoms with van der Waals surface area (Å²) in [6.45, 7) is 0.650. The van der Waals surface area contributed by atoms with Gasteiger partial charge < -0.3 is 74.4 Å². The summed E-state index contributed by atoms with van der Waals surface area (Å²) in [4.78, 5) is 13.7. The number of aliphatic hydroxyl groups is 7. The molecule has 43 heavy (non-hydrogen) atoms. The lowest BCUT2D eigenvalue weighted by Crippen LogP contribution is -2.60. The molecule has 0 unspecified atom stereocenters. The van der Waals surface area contributed by atoms with Crippen molar-refractivity contribution in [3.8, 4) is 40.1 Å². The van der Waals surface area contributed by atoms with Crippen molar-refractivity contribution >= 4 is 11.0 Å². The zero-order valence-corrected chi connectivity index (χ0v) is 22.3. The van der Waals surface area contributed by atoms with Crippen molar-refractivity contribution in [3.63, 3.8) is 0 Å². The van der Waals surface area contributed by atoms with Gasteiger partial charge in [-0.05, 0) is 25.1 Å². The van der Waals surface area contributed by atoms with Crippen LogP contribution in [0.5, 0.6) is 28.7 Å². The van der Waals surface area contributed by atoms with E-state index in [9.17, 15) is 55.9 Å². The lowest BCUT2D eigenvalue weighted by molar-refractivity contribution is -0.277. The zero-order chi connectivity index (χ0) is 31.3. The molecule has 2 aliphatic rings. The van der Waals surface area contributed by atoms with Crippen LogP contribution in [-0.4, -0.2) is 119 Å². The van der Waals surface area contributed by atoms with E-state index in [1.54, 1.807) is 0 Å². The van der Waals surface area contributed by atoms with Crippen molar-refractivity contribution in [3.05, 3.63) is 40.6 Å². The highest BCUT2D eigenvalue weighted by atomic mass is 16.7. The van der Waals surface area contributed by atoms with Crippen molar-refractivity contribution in [2.24, 2.45) is 0 Å². The zero-order valence-electron chi connectivity index (χ0n) is 22.3. The number of aliphatic hydroxyl groups excluding tert-OH is 7. The maximum absolute atomic E-state index is 13.7. The molecule has 0 spiro atoms. The highest BCUT2D eigenvalue weighted by Crippen LogP contribution is 2.40. The molecule has 234 valence electrons. The number of hydrogen-bond acceptors (Lipinski definition) is 16. The molecular weight excluding hydrogens is 580 g/mol. The molecule has 2 aliphatic heterocycles. The lowest BCUT2D eigenvalue weighted by Gasteiger charge is -2.39. The van der Waals surface area contributed by atoms with E-state index in [-0.39, 0.29) is 16.9 Å². The molecule has 3 heterocycles. The summed E-state index contributed by atoms with van der Waals surface area (Å²) in [6, 6.07) is 5.43. The summed E-state index contributed by atoms with van der Waals surface area (Å²) < 4.78 is 27.8. The Morgan fingerprint density at radius 1 is 0.744 bits per heavy atom. The first-order chi connectivity index (χ1) is 20.3. The minimum Gasteiger partial charge on any atom is -0.507 e. The van der Waals surface area contributed by atoms with Crippen LogP contribution in [0.4, 0.5) is 0 Å². The van der Waals surface area contributed by atoms with Gasteiger partial charge in [-0.2, -0.15) is 0 Å². The van der Waals surface area contributed by atoms with E-state index < -0.39 is 108 Å². The van der Waals surface area contributed by atoms with Crippen LogP contribution in [-0.2, 0) is 9.47 Å². The van der Waals surface area contributed by atoms with Crippen LogP contribution < -0.4 is 14.9 Å². The Bertz CT molecular complexity index is 1540. The van der Waals surface area contributed by atoms with Gasteiger partial charge in [0.25, 0.3) is 0 Å². The summed E-state index contributed by atoms with van der Waals surface area (Å²) in [6.07, 6.45) is -15.9. The number of aromatic hydroxyl groups is 3. The van der Waals surface area contributed by atoms with Gasteiger partial charge in [0.2, 0.25) is 23.8 Å². The predicted octanol–water partition coefficient (Wildman–Crippen LogP) is -2.04. The molecule has 0 saturated carbocycles. The fourth-order valence-corrected chi connectivity index (χ4v) is 4.81. The van der Waals surface area contributed by atoms with Gasteiger partial charge in [0.15, 0.2) is 17.3 Å². The highest BCUT2D eigenvalue weighted by molar-refractivity contribution is 5.88. The number of benzene rings is 2. The van der Waals surface area contributed by atoms with Crippen molar-refractivity contribution in [2.45, 2.75) is 68.3 Å². The summed E-state index contributed by atoms with van der Waals surface area (Å²) in [5.74, 6) is -3.14. The molecule has 2 fully saturated rings. The van der Waals surface area contributed by atoms with Gasteiger partial charge in [0.1, 0.15) is 65.2 Å². The normalized spacial score (nSPS) is 32.9. The predicted molar refractivity (Wildman–Crippen MR) is 140 cm³/mol. The Morgan fingerprint density at radius 2 is 1.40 bits per heavy atom. The minimum absolute atomic E-state index is 0.0447. The maximum atomic E-state index is 13.7. The van der Waals surface area contributed by atoms with E-state index >= 15 is 0 Å². The molecular formula is C27H30O16. The average Bonchev–Trinajstić information content (AvgIpc) is 2.97. The second-order valence-electron chi connectivity index (χ2n) is 10.2. The largest absolute Gasteiger partial charge is 0.507 e. The lowest BCUT2D eigenvalue weighted by atomic mass is 9.99. The van der Waals surface area contributed by atoms with Crippen LogP contribution >= 0.6 is 0 Å². The smallest absolute Gasteiger partial charge is 0.239 e. The molecule has 10 atom stereocenters. The van der Waals surface area contributed by atoms with Crippen molar-refractivity contribution < 1.29 is 74.4 Å². The van der Waals surface area contributed by atoms with E-state index in [2.05, 4.69) is 0 Å². The van der Waals surface area contributed by atoms with Gasteiger partial charge in [-0.1, -0.05) is 0 Å². The highest BCUT2D eigenvalue weighted by Gasteiger charge is 2.46. The molecule has 16 nitrogen and oxygen atoms in total. The van der Waals surface area contributed by atoms with Gasteiger partial charge in [0.05, 0.1) is 12.7 Å². The average molecular weight is 611 g/mol. The molecule has 10 N–H and O–H groups in total. The first-order valence-electron chi connectivity index (χ1n) is 13.0. The number of ether oxygens (including phenoxy) is 4. The Hall–Kier alpha value is -3.71. The first kappa shape index (κ1) is 30.7. The van der Waals surface area contributed by atoms with Crippen LogP contribution in [0.1, 0.15) is 6.92 Å². The second-order valence-corrected chi connectivity index (χ2v) is 10.2. The van der Waals surface area contributed by atoms with Gasteiger partial charge in [-0.3, -0.25) is 4.79 Å². The molecule has 1 aromatic heterocycles. The van der Waals surface area contributed by atoms with Crippen LogP contribution in [0.3, 0.4) is 0 Å². The molecule has 3 aromatic rings. The van der Waals surface area contributed by atoms with Crippen LogP contribution in [0.15, 0.2) is 39.5 Å². The third-order valence-corrected chi connectivity index (χ3v) is 7.29. The number of phenolic OH excluding ortho intramolecular Hbond substituents is 3. The topological polar surface area (TPSA) is 269 Å². The third-order valence-electron chi connectivity index (χ3n) is 7.29. The van der Waals surface area contributed by atoms with E-state index in [1.807, 2.05) is 0 Å². The standard InChI is InChI=1S/C27H30O16/c1-8-17(32)20(35)22(37)26(39-8)40-10-5-13(31)16-14(6-10)41-24(9-2-3-11(29)12(30)4-9)25(19(16)34)43-27-23(38)21(36)18(33)15(7-28)42-27/h2-6,8,15,17-18,20-23,26-33,35-38H,7H2,1H3/t8-,15+,17-,18-,20+,21+,22-,23+,26+,27+/m0/s1. The Labute approximate surface area is 241 Å². The van der Waals surface area contributed by atoms with E-state index in [0.717, 1.165) is 24.3 Å². The molecule has 5 rings (SSSR count). The second kappa shape index (κ2) is 11.8. The molecule has 16 heteroatoms. The molecule has 0 radical (unpaired) electrons. The molecule has 2 aromatic carbocycles. The summed E-state index contributed by atoms with van der Waals surface area (Å²) in [5, 5.41) is 101. The SMILES string of the molecule is C[C@@H]1O[C@H](Oc2cc(O)c3c(=O)c(O[C@H]4O[C@H](CO)[C@H](O)[C@@H](O)[C@H]4O)c(-c4ccc(O)c(O)c4)oc3c2)[C@@H](O)[C@H](O)[C@H]1O. The van der Waals surface area contributed by atoms with Gasteiger partial charge in [-0.25, -0.2) is 0 Å². The number of phenols is 3. The number of hydrogen-bond donors (Lipinski definition) is 10. The molecule has 0 aliphatic carbocycles. The van der Waals surface area contributed by atoms with Crippen LogP contribution in [0.2, 0.25) is 0 Å². The number of fused-ring (bicyclic) bond motifs is 1. The van der Waals surface area contributed by atoms with Gasteiger partial charge >= 0.3 is 0 Å². The maximum Gasteiger partial charge on any atom is 0.239 e. The van der Waals surface area contributed by atoms with Gasteiger partial charge in [-0.15, -0.1) is 0 Å². The summed E-state index contributed by atoms with van der Waals surface area (Å²) in [7, 11) is 0. The fourth-order valence-electron chi connectivity index (χ4n) is 4.81. The third kappa shape index (κ3) is 5.55. The summed E-state index contributed by atoms with van der Waals surface area (Å²) in [5.41, 5.74) is -1.40. The summed E-state index contributed by atoms with van der Waals surface area (Å²) >= 11 is 0. The minimum atomic E-state index is -1.92. The molecule has 0 bridgehead atoms. The van der Waals surface area contributed by atoms with Gasteiger partial charge in [0, 0.05) is 17.7 Å². The fraction of sp³-hybridized carbons (Fsp3) is 0.444. The van der Waals surface area contributed by atoms with Crippen molar-refractivity contribution in [2.75, 3.05) is 6.61 Å². The first-order valence-corrected chi connectivity index (χ1v) is 13.0. The molecule has 0 amide bonds. The van der Waals surface area contributed by atoms with E-state index in [1.165, 1.54) is 13.0 Å². The van der Waals surface area contributed by atoms with Crippen molar-refractivity contribution in [1.82, 2.24) is 0 Å². The van der Waals surface area contributed by atoms with Crippen LogP contribution in [0.25, 0.3) is 22.3 Å². The Kier molecular flexibility index (Phi) is 8.41. The van der Waals surface area contributed by atoms with E-state index in [4.69, 9.17) is 23.4 Å². The molecule has 2 saturated heterocycles. The number of rotatable bonds is 6. The van der Waals surface area contributed by atoms with E-state index in [0.29, 0.717) is 0 Å². The Balaban J connectivity index is 1.61. The quantitative estimate of drug-likeness (QED) is 0.135. The van der Waals surface area contributed by atoms with Crippen molar-refractivity contribution in [1.29, 1.82) is 0 Å². The van der Waals surface area contributed by atoms with Crippen LogP contribution in [0, 0.1) is 0 Å². The monoisotopic (exact) mass is 610 g/mol. The Morgan fingerprint density at radius 3 is 2.05 bits per heavy atom.